The number of thiazole rings is 1. The predicted molar refractivity (Wildman–Crippen MR) is 59.6 cm³/mol. The fraction of sp³-hybridized carbons (Fsp3) is 0.600. The summed E-state index contributed by atoms with van der Waals surface area (Å²) in [5.74, 6) is 0.156. The van der Waals surface area contributed by atoms with Crippen LogP contribution in [-0.4, -0.2) is 23.5 Å². The topological polar surface area (TPSA) is 54.0 Å². The molecule has 2 rings (SSSR count). The van der Waals surface area contributed by atoms with Crippen molar-refractivity contribution in [1.29, 1.82) is 0 Å². The van der Waals surface area contributed by atoms with E-state index in [4.69, 9.17) is 0 Å². The molecule has 1 aliphatic rings. The van der Waals surface area contributed by atoms with Crippen LogP contribution in [0.1, 0.15) is 25.0 Å². The zero-order chi connectivity index (χ0) is 10.5. The Hall–Kier alpha value is -0.940. The molecule has 2 heterocycles. The summed E-state index contributed by atoms with van der Waals surface area (Å²) in [5.41, 5.74) is 2.89. The van der Waals surface area contributed by atoms with Crippen LogP contribution in [0, 0.1) is 0 Å². The highest BCUT2D eigenvalue weighted by Gasteiger charge is 2.16. The molecule has 1 unspecified atom stereocenters. The summed E-state index contributed by atoms with van der Waals surface area (Å²) >= 11 is 1.60. The summed E-state index contributed by atoms with van der Waals surface area (Å²) in [7, 11) is 0. The van der Waals surface area contributed by atoms with Crippen molar-refractivity contribution in [2.24, 2.45) is 0 Å². The molecular formula is C10H15N3OS. The normalized spacial score (nSPS) is 22.1. The average Bonchev–Trinajstić information content (AvgIpc) is 2.65. The molecule has 0 aromatic carbocycles. The van der Waals surface area contributed by atoms with Gasteiger partial charge in [-0.3, -0.25) is 4.79 Å². The van der Waals surface area contributed by atoms with E-state index in [1.165, 1.54) is 0 Å². The maximum absolute atomic E-state index is 11.3. The molecule has 2 N–H and O–H groups in total. The largest absolute Gasteiger partial charge is 0.356 e. The highest BCUT2D eigenvalue weighted by molar-refractivity contribution is 7.07. The lowest BCUT2D eigenvalue weighted by molar-refractivity contribution is -0.121. The van der Waals surface area contributed by atoms with Crippen LogP contribution in [0.25, 0.3) is 0 Å². The third-order valence-electron chi connectivity index (χ3n) is 2.54. The summed E-state index contributed by atoms with van der Waals surface area (Å²) in [4.78, 5) is 15.5. The highest BCUT2D eigenvalue weighted by atomic mass is 32.1. The number of hydrogen-bond donors (Lipinski definition) is 2. The van der Waals surface area contributed by atoms with Gasteiger partial charge in [-0.05, 0) is 12.8 Å². The van der Waals surface area contributed by atoms with E-state index in [0.717, 1.165) is 31.6 Å². The Kier molecular flexibility index (Phi) is 3.69. The number of carbonyl (C=O) groups excluding carboxylic acids is 1. The van der Waals surface area contributed by atoms with E-state index in [9.17, 15) is 4.79 Å². The van der Waals surface area contributed by atoms with Gasteiger partial charge < -0.3 is 10.6 Å². The molecule has 1 aromatic heterocycles. The first-order valence-corrected chi connectivity index (χ1v) is 6.16. The summed E-state index contributed by atoms with van der Waals surface area (Å²) in [6.07, 6.45) is 2.70. The van der Waals surface area contributed by atoms with Crippen molar-refractivity contribution in [2.75, 3.05) is 6.54 Å². The van der Waals surface area contributed by atoms with Gasteiger partial charge in [-0.15, -0.1) is 11.3 Å². The van der Waals surface area contributed by atoms with Gasteiger partial charge in [0, 0.05) is 30.9 Å². The molecule has 1 amide bonds. The van der Waals surface area contributed by atoms with Gasteiger partial charge in [-0.1, -0.05) is 0 Å². The number of carbonyl (C=O) groups is 1. The Morgan fingerprint density at radius 1 is 1.67 bits per heavy atom. The number of amides is 1. The Bertz CT molecular complexity index is 312. The van der Waals surface area contributed by atoms with Crippen molar-refractivity contribution in [3.63, 3.8) is 0 Å². The number of aromatic nitrogens is 1. The smallest absolute Gasteiger partial charge is 0.221 e. The van der Waals surface area contributed by atoms with E-state index >= 15 is 0 Å². The van der Waals surface area contributed by atoms with E-state index in [2.05, 4.69) is 15.6 Å². The summed E-state index contributed by atoms with van der Waals surface area (Å²) < 4.78 is 0. The van der Waals surface area contributed by atoms with Gasteiger partial charge in [-0.2, -0.15) is 0 Å². The van der Waals surface area contributed by atoms with Crippen LogP contribution in [0.2, 0.25) is 0 Å². The molecule has 5 heteroatoms. The maximum Gasteiger partial charge on any atom is 0.221 e. The summed E-state index contributed by atoms with van der Waals surface area (Å²) in [6, 6.07) is 0.300. The SMILES string of the molecule is O=C1CC(NCc2cscn2)CCCN1. The molecule has 15 heavy (non-hydrogen) atoms. The Labute approximate surface area is 93.1 Å². The lowest BCUT2D eigenvalue weighted by Gasteiger charge is -2.13. The molecular weight excluding hydrogens is 210 g/mol. The van der Waals surface area contributed by atoms with Gasteiger partial charge in [0.25, 0.3) is 0 Å². The van der Waals surface area contributed by atoms with Gasteiger partial charge in [-0.25, -0.2) is 4.98 Å². The Morgan fingerprint density at radius 2 is 2.60 bits per heavy atom. The van der Waals surface area contributed by atoms with E-state index in [1.54, 1.807) is 11.3 Å². The minimum atomic E-state index is 0.156. The molecule has 4 nitrogen and oxygen atoms in total. The van der Waals surface area contributed by atoms with Crippen molar-refractivity contribution >= 4 is 17.2 Å². The minimum Gasteiger partial charge on any atom is -0.356 e. The molecule has 1 aromatic rings. The first kappa shape index (κ1) is 10.6. The van der Waals surface area contributed by atoms with Crippen LogP contribution in [0.3, 0.4) is 0 Å². The maximum atomic E-state index is 11.3. The predicted octanol–water partition coefficient (Wildman–Crippen LogP) is 0.901. The van der Waals surface area contributed by atoms with Gasteiger partial charge in [0.2, 0.25) is 5.91 Å². The van der Waals surface area contributed by atoms with Crippen LogP contribution >= 0.6 is 11.3 Å². The fourth-order valence-corrected chi connectivity index (χ4v) is 2.28. The summed E-state index contributed by atoms with van der Waals surface area (Å²) in [6.45, 7) is 1.58. The van der Waals surface area contributed by atoms with Crippen LogP contribution in [-0.2, 0) is 11.3 Å². The molecule has 0 aliphatic carbocycles. The third-order valence-corrected chi connectivity index (χ3v) is 3.17. The fourth-order valence-electron chi connectivity index (χ4n) is 1.72. The van der Waals surface area contributed by atoms with Crippen molar-refractivity contribution in [3.8, 4) is 0 Å². The number of hydrogen-bond acceptors (Lipinski definition) is 4. The highest BCUT2D eigenvalue weighted by Crippen LogP contribution is 2.07. The molecule has 82 valence electrons. The minimum absolute atomic E-state index is 0.156. The number of rotatable bonds is 3. The second-order valence-corrected chi connectivity index (χ2v) is 4.47. The van der Waals surface area contributed by atoms with Crippen LogP contribution < -0.4 is 10.6 Å². The van der Waals surface area contributed by atoms with Crippen molar-refractivity contribution in [1.82, 2.24) is 15.6 Å². The lowest BCUT2D eigenvalue weighted by atomic mass is 10.1. The zero-order valence-corrected chi connectivity index (χ0v) is 9.35. The zero-order valence-electron chi connectivity index (χ0n) is 8.53. The molecule has 1 fully saturated rings. The summed E-state index contributed by atoms with van der Waals surface area (Å²) in [5, 5.41) is 8.28. The molecule has 1 saturated heterocycles. The second-order valence-electron chi connectivity index (χ2n) is 3.75. The van der Waals surface area contributed by atoms with Crippen LogP contribution in [0.4, 0.5) is 0 Å². The van der Waals surface area contributed by atoms with Crippen molar-refractivity contribution < 1.29 is 4.79 Å². The van der Waals surface area contributed by atoms with Gasteiger partial charge >= 0.3 is 0 Å². The van der Waals surface area contributed by atoms with E-state index in [0.29, 0.717) is 12.5 Å². The van der Waals surface area contributed by atoms with E-state index < -0.39 is 0 Å². The molecule has 1 aliphatic heterocycles. The van der Waals surface area contributed by atoms with Crippen molar-refractivity contribution in [3.05, 3.63) is 16.6 Å². The first-order chi connectivity index (χ1) is 7.34. The average molecular weight is 225 g/mol. The molecule has 0 radical (unpaired) electrons. The van der Waals surface area contributed by atoms with E-state index in [1.807, 2.05) is 10.9 Å². The molecule has 0 saturated carbocycles. The van der Waals surface area contributed by atoms with Gasteiger partial charge in [0.1, 0.15) is 0 Å². The number of nitrogens with zero attached hydrogens (tertiary/aromatic N) is 1. The quantitative estimate of drug-likeness (QED) is 0.803. The number of nitrogens with one attached hydrogen (secondary N) is 2. The first-order valence-electron chi connectivity index (χ1n) is 5.22. The van der Waals surface area contributed by atoms with Crippen molar-refractivity contribution in [2.45, 2.75) is 31.8 Å². The monoisotopic (exact) mass is 225 g/mol. The molecule has 0 spiro atoms. The third kappa shape index (κ3) is 3.28. The Morgan fingerprint density at radius 3 is 3.40 bits per heavy atom. The van der Waals surface area contributed by atoms with Gasteiger partial charge in [0.05, 0.1) is 11.2 Å². The molecule has 0 bridgehead atoms. The van der Waals surface area contributed by atoms with E-state index in [-0.39, 0.29) is 5.91 Å². The standard InChI is InChI=1S/C10H15N3OS/c14-10-4-8(2-1-3-11-10)12-5-9-6-15-7-13-9/h6-8,12H,1-5H2,(H,11,14). The Balaban J connectivity index is 1.80. The molecule has 1 atom stereocenters. The van der Waals surface area contributed by atoms with Gasteiger partial charge in [0.15, 0.2) is 0 Å². The lowest BCUT2D eigenvalue weighted by Crippen LogP contribution is -2.32. The van der Waals surface area contributed by atoms with Crippen LogP contribution in [0.5, 0.6) is 0 Å². The second kappa shape index (κ2) is 5.23. The van der Waals surface area contributed by atoms with Crippen LogP contribution in [0.15, 0.2) is 10.9 Å².